The summed E-state index contributed by atoms with van der Waals surface area (Å²) in [6, 6.07) is 4.88. The number of halogens is 3. The molecule has 0 amide bonds. The molecule has 9 heteroatoms. The highest BCUT2D eigenvalue weighted by Crippen LogP contribution is 2.29. The quantitative estimate of drug-likeness (QED) is 0.940. The van der Waals surface area contributed by atoms with Crippen molar-refractivity contribution in [3.05, 3.63) is 47.8 Å². The molecule has 0 bridgehead atoms. The van der Waals surface area contributed by atoms with Gasteiger partial charge in [-0.3, -0.25) is 9.40 Å². The van der Waals surface area contributed by atoms with E-state index in [0.717, 1.165) is 18.4 Å². The molecule has 0 spiro atoms. The zero-order chi connectivity index (χ0) is 15.7. The maximum Gasteiger partial charge on any atom is 0.416 e. The van der Waals surface area contributed by atoms with Crippen LogP contribution in [0.1, 0.15) is 11.1 Å². The van der Waals surface area contributed by atoms with Gasteiger partial charge in [0.05, 0.1) is 30.2 Å². The van der Waals surface area contributed by atoms with Crippen LogP contribution in [0.2, 0.25) is 0 Å². The van der Waals surface area contributed by atoms with Crippen molar-refractivity contribution in [2.75, 3.05) is 11.0 Å². The third-order valence-corrected chi connectivity index (χ3v) is 3.14. The normalized spacial score (nSPS) is 12.4. The fraction of sp³-hybridized carbons (Fsp3) is 0.250. The molecule has 5 nitrogen and oxygen atoms in total. The summed E-state index contributed by atoms with van der Waals surface area (Å²) in [7, 11) is -3.41. The van der Waals surface area contributed by atoms with Crippen LogP contribution >= 0.6 is 0 Å². The molecular weight excluding hydrogens is 307 g/mol. The number of benzene rings is 1. The van der Waals surface area contributed by atoms with Gasteiger partial charge in [0.1, 0.15) is 0 Å². The molecule has 0 aliphatic rings. The van der Waals surface area contributed by atoms with Gasteiger partial charge >= 0.3 is 6.18 Å². The molecule has 2 rings (SSSR count). The molecule has 0 radical (unpaired) electrons. The van der Waals surface area contributed by atoms with Crippen LogP contribution in [0, 0.1) is 0 Å². The third-order valence-electron chi connectivity index (χ3n) is 2.54. The first kappa shape index (κ1) is 15.4. The Morgan fingerprint density at radius 2 is 2.05 bits per heavy atom. The summed E-state index contributed by atoms with van der Waals surface area (Å²) in [6.45, 7) is 0.107. The van der Waals surface area contributed by atoms with Crippen molar-refractivity contribution in [1.29, 1.82) is 0 Å². The summed E-state index contributed by atoms with van der Waals surface area (Å²) >= 11 is 0. The Labute approximate surface area is 119 Å². The van der Waals surface area contributed by atoms with Gasteiger partial charge in [-0.2, -0.15) is 18.3 Å². The van der Waals surface area contributed by atoms with Crippen molar-refractivity contribution in [3.63, 3.8) is 0 Å². The average Bonchev–Trinajstić information content (AvgIpc) is 2.73. The Kier molecular flexibility index (Phi) is 3.95. The van der Waals surface area contributed by atoms with Gasteiger partial charge in [-0.15, -0.1) is 0 Å². The lowest BCUT2D eigenvalue weighted by atomic mass is 10.1. The fourth-order valence-electron chi connectivity index (χ4n) is 1.75. The molecule has 1 heterocycles. The minimum Gasteiger partial charge on any atom is -0.281 e. The maximum atomic E-state index is 12.6. The van der Waals surface area contributed by atoms with E-state index in [2.05, 4.69) is 9.82 Å². The lowest BCUT2D eigenvalue weighted by Crippen LogP contribution is -2.09. The zero-order valence-corrected chi connectivity index (χ0v) is 11.7. The van der Waals surface area contributed by atoms with Crippen molar-refractivity contribution in [2.24, 2.45) is 0 Å². The number of nitrogens with zero attached hydrogens (tertiary/aromatic N) is 2. The van der Waals surface area contributed by atoms with E-state index in [1.54, 1.807) is 6.07 Å². The first-order chi connectivity index (χ1) is 9.63. The van der Waals surface area contributed by atoms with Gasteiger partial charge in [0.15, 0.2) is 0 Å². The Morgan fingerprint density at radius 3 is 2.67 bits per heavy atom. The molecule has 0 atom stereocenters. The van der Waals surface area contributed by atoms with Crippen LogP contribution < -0.4 is 4.72 Å². The Balaban J connectivity index is 2.16. The van der Waals surface area contributed by atoms with Gasteiger partial charge < -0.3 is 0 Å². The van der Waals surface area contributed by atoms with E-state index >= 15 is 0 Å². The predicted octanol–water partition coefficient (Wildman–Crippen LogP) is 2.32. The van der Waals surface area contributed by atoms with Crippen LogP contribution in [0.3, 0.4) is 0 Å². The number of nitrogens with one attached hydrogen (secondary N) is 1. The largest absolute Gasteiger partial charge is 0.416 e. The van der Waals surface area contributed by atoms with Crippen molar-refractivity contribution >= 4 is 15.7 Å². The van der Waals surface area contributed by atoms with E-state index in [1.165, 1.54) is 23.1 Å². The van der Waals surface area contributed by atoms with Crippen LogP contribution in [-0.4, -0.2) is 24.5 Å². The van der Waals surface area contributed by atoms with E-state index in [9.17, 15) is 21.6 Å². The van der Waals surface area contributed by atoms with Crippen molar-refractivity contribution in [2.45, 2.75) is 12.7 Å². The highest BCUT2D eigenvalue weighted by molar-refractivity contribution is 7.92. The van der Waals surface area contributed by atoms with Crippen molar-refractivity contribution in [3.8, 4) is 0 Å². The molecule has 0 saturated carbocycles. The first-order valence-corrected chi connectivity index (χ1v) is 7.69. The van der Waals surface area contributed by atoms with E-state index in [-0.39, 0.29) is 12.2 Å². The second-order valence-corrected chi connectivity index (χ2v) is 6.25. The molecule has 1 aromatic heterocycles. The number of sulfonamides is 1. The number of aromatic nitrogens is 2. The molecule has 2 aromatic rings. The van der Waals surface area contributed by atoms with Crippen molar-refractivity contribution in [1.82, 2.24) is 9.78 Å². The van der Waals surface area contributed by atoms with Crippen LogP contribution in [0.15, 0.2) is 36.7 Å². The number of rotatable bonds is 4. The molecule has 1 N–H and O–H groups in total. The van der Waals surface area contributed by atoms with Crippen LogP contribution in [0.5, 0.6) is 0 Å². The number of hydrogen-bond acceptors (Lipinski definition) is 3. The molecule has 0 aliphatic heterocycles. The highest BCUT2D eigenvalue weighted by atomic mass is 32.2. The van der Waals surface area contributed by atoms with Crippen LogP contribution in [0.25, 0.3) is 0 Å². The Morgan fingerprint density at radius 1 is 1.33 bits per heavy atom. The Hall–Kier alpha value is -2.03. The smallest absolute Gasteiger partial charge is 0.281 e. The maximum absolute atomic E-state index is 12.6. The zero-order valence-electron chi connectivity index (χ0n) is 10.9. The molecular formula is C12H12F3N3O2S. The summed E-state index contributed by atoms with van der Waals surface area (Å²) in [5, 5.41) is 3.90. The van der Waals surface area contributed by atoms with Crippen molar-refractivity contribution < 1.29 is 21.6 Å². The van der Waals surface area contributed by atoms with E-state index in [4.69, 9.17) is 0 Å². The summed E-state index contributed by atoms with van der Waals surface area (Å²) in [6.07, 6.45) is -0.712. The highest BCUT2D eigenvalue weighted by Gasteiger charge is 2.30. The fourth-order valence-corrected chi connectivity index (χ4v) is 2.28. The van der Waals surface area contributed by atoms with Gasteiger partial charge in [0.2, 0.25) is 10.0 Å². The van der Waals surface area contributed by atoms with Crippen LogP contribution in [0.4, 0.5) is 18.9 Å². The average molecular weight is 319 g/mol. The second kappa shape index (κ2) is 5.40. The van der Waals surface area contributed by atoms with Gasteiger partial charge in [-0.25, -0.2) is 8.42 Å². The SMILES string of the molecule is CS(=O)(=O)Nc1cnn(Cc2cccc(C(F)(F)F)c2)c1. The van der Waals surface area contributed by atoms with Gasteiger partial charge in [-0.1, -0.05) is 12.1 Å². The van der Waals surface area contributed by atoms with Gasteiger partial charge in [0, 0.05) is 6.20 Å². The molecule has 0 unspecified atom stereocenters. The third kappa shape index (κ3) is 4.48. The van der Waals surface area contributed by atoms with E-state index < -0.39 is 21.8 Å². The summed E-state index contributed by atoms with van der Waals surface area (Å²) in [4.78, 5) is 0. The lowest BCUT2D eigenvalue weighted by Gasteiger charge is -2.08. The molecule has 1 aromatic carbocycles. The topological polar surface area (TPSA) is 64.0 Å². The molecule has 0 aliphatic carbocycles. The Bertz CT molecular complexity index is 738. The molecule has 114 valence electrons. The molecule has 0 fully saturated rings. The lowest BCUT2D eigenvalue weighted by molar-refractivity contribution is -0.137. The summed E-state index contributed by atoms with van der Waals surface area (Å²) < 4.78 is 63.5. The number of alkyl halides is 3. The predicted molar refractivity (Wildman–Crippen MR) is 71.2 cm³/mol. The minimum absolute atomic E-state index is 0.107. The number of anilines is 1. The monoisotopic (exact) mass is 319 g/mol. The summed E-state index contributed by atoms with van der Waals surface area (Å²) in [5.74, 6) is 0. The van der Waals surface area contributed by atoms with E-state index in [0.29, 0.717) is 5.56 Å². The minimum atomic E-state index is -4.40. The van der Waals surface area contributed by atoms with Gasteiger partial charge in [-0.05, 0) is 17.7 Å². The second-order valence-electron chi connectivity index (χ2n) is 4.50. The van der Waals surface area contributed by atoms with Gasteiger partial charge in [0.25, 0.3) is 0 Å². The van der Waals surface area contributed by atoms with Crippen LogP contribution in [-0.2, 0) is 22.7 Å². The number of hydrogen-bond donors (Lipinski definition) is 1. The molecule has 21 heavy (non-hydrogen) atoms. The summed E-state index contributed by atoms with van der Waals surface area (Å²) in [5.41, 5.74) is -0.0649. The first-order valence-electron chi connectivity index (χ1n) is 5.80. The molecule has 0 saturated heterocycles. The standard InChI is InChI=1S/C12H12F3N3O2S/c1-21(19,20)17-11-6-16-18(8-11)7-9-3-2-4-10(5-9)12(13,14)15/h2-6,8,17H,7H2,1H3. The van der Waals surface area contributed by atoms with E-state index in [1.807, 2.05) is 0 Å².